The number of para-hydroxylation sites is 1. The first-order valence-corrected chi connectivity index (χ1v) is 12.4. The van der Waals surface area contributed by atoms with Gasteiger partial charge in [-0.2, -0.15) is 0 Å². The number of thiazole rings is 1. The molecular weight excluding hydrogens is 446 g/mol. The summed E-state index contributed by atoms with van der Waals surface area (Å²) in [7, 11) is -1.87. The minimum atomic E-state index is -3.45. The topological polar surface area (TPSA) is 89.5 Å². The van der Waals surface area contributed by atoms with Crippen molar-refractivity contribution in [2.24, 2.45) is 0 Å². The molecule has 0 fully saturated rings. The van der Waals surface area contributed by atoms with Gasteiger partial charge in [-0.3, -0.25) is 14.7 Å². The van der Waals surface area contributed by atoms with E-state index < -0.39 is 9.84 Å². The monoisotopic (exact) mass is 467 g/mol. The van der Waals surface area contributed by atoms with Crippen LogP contribution in [0.2, 0.25) is 0 Å². The molecule has 9 heteroatoms. The summed E-state index contributed by atoms with van der Waals surface area (Å²) in [5.41, 5.74) is 1.61. The van der Waals surface area contributed by atoms with Crippen molar-refractivity contribution in [1.82, 2.24) is 9.97 Å². The van der Waals surface area contributed by atoms with Crippen LogP contribution in [0.5, 0.6) is 5.75 Å². The Morgan fingerprint density at radius 2 is 1.91 bits per heavy atom. The predicted octanol–water partition coefficient (Wildman–Crippen LogP) is 4.34. The van der Waals surface area contributed by atoms with Crippen molar-refractivity contribution in [3.05, 3.63) is 78.1 Å². The van der Waals surface area contributed by atoms with Crippen LogP contribution in [-0.4, -0.2) is 37.2 Å². The number of rotatable bonds is 7. The molecular formula is C23H21N3O4S2. The van der Waals surface area contributed by atoms with Gasteiger partial charge in [0.2, 0.25) is 0 Å². The maximum Gasteiger partial charge on any atom is 0.260 e. The first-order valence-electron chi connectivity index (χ1n) is 9.91. The van der Waals surface area contributed by atoms with E-state index in [-0.39, 0.29) is 28.7 Å². The zero-order chi connectivity index (χ0) is 22.7. The SMILES string of the molecule is CCS(=O)(=O)c1cccc(C(=O)N(Cc2ccccn2)c2nc3c(OC)cccc3s2)c1. The molecule has 4 aromatic rings. The lowest BCUT2D eigenvalue weighted by atomic mass is 10.2. The Hall–Kier alpha value is -3.30. The Morgan fingerprint density at radius 3 is 2.62 bits per heavy atom. The molecule has 0 spiro atoms. The summed E-state index contributed by atoms with van der Waals surface area (Å²) in [6.45, 7) is 1.76. The average molecular weight is 468 g/mol. The number of hydrogen-bond donors (Lipinski definition) is 0. The van der Waals surface area contributed by atoms with E-state index in [4.69, 9.17) is 4.74 Å². The molecule has 0 aliphatic rings. The van der Waals surface area contributed by atoms with Crippen molar-refractivity contribution >= 4 is 42.4 Å². The van der Waals surface area contributed by atoms with Gasteiger partial charge >= 0.3 is 0 Å². The smallest absolute Gasteiger partial charge is 0.260 e. The Balaban J connectivity index is 1.80. The molecule has 0 atom stereocenters. The minimum Gasteiger partial charge on any atom is -0.494 e. The first kappa shape index (κ1) is 21.9. The van der Waals surface area contributed by atoms with Gasteiger partial charge in [-0.1, -0.05) is 36.5 Å². The van der Waals surface area contributed by atoms with Gasteiger partial charge in [-0.15, -0.1) is 0 Å². The molecule has 4 rings (SSSR count). The maximum atomic E-state index is 13.6. The number of anilines is 1. The average Bonchev–Trinajstić information content (AvgIpc) is 3.27. The summed E-state index contributed by atoms with van der Waals surface area (Å²) in [5.74, 6) is 0.216. The molecule has 0 radical (unpaired) electrons. The zero-order valence-electron chi connectivity index (χ0n) is 17.6. The molecule has 0 bridgehead atoms. The fourth-order valence-corrected chi connectivity index (χ4v) is 5.12. The van der Waals surface area contributed by atoms with Crippen LogP contribution in [0.1, 0.15) is 23.0 Å². The molecule has 0 unspecified atom stereocenters. The molecule has 7 nitrogen and oxygen atoms in total. The van der Waals surface area contributed by atoms with Crippen molar-refractivity contribution in [2.45, 2.75) is 18.4 Å². The highest BCUT2D eigenvalue weighted by molar-refractivity contribution is 7.91. The van der Waals surface area contributed by atoms with E-state index in [1.54, 1.807) is 38.4 Å². The van der Waals surface area contributed by atoms with Crippen molar-refractivity contribution in [3.8, 4) is 5.75 Å². The largest absolute Gasteiger partial charge is 0.494 e. The highest BCUT2D eigenvalue weighted by Crippen LogP contribution is 2.35. The highest BCUT2D eigenvalue weighted by atomic mass is 32.2. The van der Waals surface area contributed by atoms with Crippen molar-refractivity contribution in [3.63, 3.8) is 0 Å². The molecule has 2 heterocycles. The van der Waals surface area contributed by atoms with Crippen LogP contribution in [0.3, 0.4) is 0 Å². The van der Waals surface area contributed by atoms with Crippen LogP contribution >= 0.6 is 11.3 Å². The lowest BCUT2D eigenvalue weighted by Gasteiger charge is -2.20. The normalized spacial score (nSPS) is 11.4. The van der Waals surface area contributed by atoms with E-state index >= 15 is 0 Å². The van der Waals surface area contributed by atoms with E-state index in [1.807, 2.05) is 30.3 Å². The second-order valence-electron chi connectivity index (χ2n) is 6.95. The summed E-state index contributed by atoms with van der Waals surface area (Å²) in [4.78, 5) is 24.2. The summed E-state index contributed by atoms with van der Waals surface area (Å²) >= 11 is 1.36. The van der Waals surface area contributed by atoms with E-state index in [9.17, 15) is 13.2 Å². The van der Waals surface area contributed by atoms with E-state index in [0.29, 0.717) is 22.1 Å². The molecule has 2 aromatic heterocycles. The Bertz CT molecular complexity index is 1370. The van der Waals surface area contributed by atoms with Gasteiger partial charge in [0.15, 0.2) is 15.0 Å². The second kappa shape index (κ2) is 9.05. The van der Waals surface area contributed by atoms with Gasteiger partial charge in [0, 0.05) is 11.8 Å². The van der Waals surface area contributed by atoms with Gasteiger partial charge < -0.3 is 4.74 Å². The van der Waals surface area contributed by atoms with E-state index in [0.717, 1.165) is 4.70 Å². The molecule has 32 heavy (non-hydrogen) atoms. The third kappa shape index (κ3) is 4.35. The number of benzene rings is 2. The number of amides is 1. The maximum absolute atomic E-state index is 13.6. The number of sulfone groups is 1. The summed E-state index contributed by atoms with van der Waals surface area (Å²) in [6, 6.07) is 17.2. The number of pyridine rings is 1. The molecule has 0 saturated carbocycles. The highest BCUT2D eigenvalue weighted by Gasteiger charge is 2.24. The number of carbonyl (C=O) groups excluding carboxylic acids is 1. The Morgan fingerprint density at radius 1 is 1.09 bits per heavy atom. The number of nitrogens with zero attached hydrogens (tertiary/aromatic N) is 3. The molecule has 1 amide bonds. The number of carbonyl (C=O) groups is 1. The Kier molecular flexibility index (Phi) is 6.20. The van der Waals surface area contributed by atoms with Crippen LogP contribution in [-0.2, 0) is 16.4 Å². The van der Waals surface area contributed by atoms with E-state index in [2.05, 4.69) is 9.97 Å². The first-order chi connectivity index (χ1) is 15.4. The lowest BCUT2D eigenvalue weighted by molar-refractivity contribution is 0.0984. The minimum absolute atomic E-state index is 0.0417. The summed E-state index contributed by atoms with van der Waals surface area (Å²) in [6.07, 6.45) is 1.66. The number of hydrogen-bond acceptors (Lipinski definition) is 7. The molecule has 0 N–H and O–H groups in total. The van der Waals surface area contributed by atoms with Gasteiger partial charge in [0.1, 0.15) is 11.3 Å². The number of methoxy groups -OCH3 is 1. The van der Waals surface area contributed by atoms with Crippen molar-refractivity contribution in [2.75, 3.05) is 17.8 Å². The molecule has 0 saturated heterocycles. The summed E-state index contributed by atoms with van der Waals surface area (Å²) < 4.78 is 31.0. The van der Waals surface area contributed by atoms with Crippen LogP contribution in [0, 0.1) is 0 Å². The van der Waals surface area contributed by atoms with Gasteiger partial charge in [-0.25, -0.2) is 13.4 Å². The van der Waals surface area contributed by atoms with Crippen molar-refractivity contribution in [1.29, 1.82) is 0 Å². The number of ether oxygens (including phenoxy) is 1. The fourth-order valence-electron chi connectivity index (χ4n) is 3.22. The zero-order valence-corrected chi connectivity index (χ0v) is 19.2. The number of aromatic nitrogens is 2. The second-order valence-corrected chi connectivity index (χ2v) is 10.2. The fraction of sp³-hybridized carbons (Fsp3) is 0.174. The van der Waals surface area contributed by atoms with Crippen molar-refractivity contribution < 1.29 is 17.9 Å². The molecule has 0 aliphatic carbocycles. The third-order valence-corrected chi connectivity index (χ3v) is 7.71. The van der Waals surface area contributed by atoms with Crippen LogP contribution in [0.4, 0.5) is 5.13 Å². The molecule has 0 aliphatic heterocycles. The standard InChI is InChI=1S/C23H21N3O4S2/c1-3-32(28,29)18-10-6-8-16(14-18)22(27)26(15-17-9-4-5-13-24-17)23-25-21-19(30-2)11-7-12-20(21)31-23/h4-14H,3,15H2,1-2H3. The van der Waals surface area contributed by atoms with Gasteiger partial charge in [0.25, 0.3) is 5.91 Å². The number of fused-ring (bicyclic) bond motifs is 1. The van der Waals surface area contributed by atoms with Crippen LogP contribution in [0.25, 0.3) is 10.2 Å². The van der Waals surface area contributed by atoms with Crippen LogP contribution < -0.4 is 9.64 Å². The molecule has 2 aromatic carbocycles. The van der Waals surface area contributed by atoms with Crippen LogP contribution in [0.15, 0.2) is 71.8 Å². The Labute approximate surface area is 190 Å². The van der Waals surface area contributed by atoms with Gasteiger partial charge in [-0.05, 0) is 42.5 Å². The van der Waals surface area contributed by atoms with E-state index in [1.165, 1.54) is 28.4 Å². The predicted molar refractivity (Wildman–Crippen MR) is 125 cm³/mol. The quantitative estimate of drug-likeness (QED) is 0.402. The molecule has 164 valence electrons. The summed E-state index contributed by atoms with van der Waals surface area (Å²) in [5, 5.41) is 0.476. The van der Waals surface area contributed by atoms with Gasteiger partial charge in [0.05, 0.1) is 34.7 Å². The third-order valence-electron chi connectivity index (χ3n) is 4.93. The lowest BCUT2D eigenvalue weighted by Crippen LogP contribution is -2.30.